The number of methoxy groups -OCH3 is 3. The van der Waals surface area contributed by atoms with Crippen LogP contribution in [-0.4, -0.2) is 27.3 Å². The maximum Gasteiger partial charge on any atom is 0.331 e. The van der Waals surface area contributed by atoms with Gasteiger partial charge in [0.25, 0.3) is 0 Å². The van der Waals surface area contributed by atoms with Crippen molar-refractivity contribution in [2.45, 2.75) is 6.61 Å². The van der Waals surface area contributed by atoms with E-state index in [4.69, 9.17) is 18.9 Å². The van der Waals surface area contributed by atoms with Gasteiger partial charge in [-0.15, -0.1) is 0 Å². The molecule has 0 atom stereocenters. The zero-order valence-corrected chi connectivity index (χ0v) is 13.9. The number of esters is 1. The first-order chi connectivity index (χ1) is 11.7. The minimum atomic E-state index is -0.446. The molecule has 0 bridgehead atoms. The number of hydrogen-bond acceptors (Lipinski definition) is 5. The molecule has 0 spiro atoms. The van der Waals surface area contributed by atoms with Crippen LogP contribution in [0.5, 0.6) is 17.2 Å². The highest BCUT2D eigenvalue weighted by Crippen LogP contribution is 2.34. The van der Waals surface area contributed by atoms with Crippen molar-refractivity contribution >= 4 is 12.0 Å². The highest BCUT2D eigenvalue weighted by molar-refractivity contribution is 5.88. The van der Waals surface area contributed by atoms with Crippen LogP contribution in [0, 0.1) is 0 Å². The van der Waals surface area contributed by atoms with E-state index in [9.17, 15) is 4.79 Å². The number of carbonyl (C=O) groups excluding carboxylic acids is 1. The molecule has 0 N–H and O–H groups in total. The number of rotatable bonds is 7. The van der Waals surface area contributed by atoms with Gasteiger partial charge in [-0.2, -0.15) is 0 Å². The molecule has 5 heteroatoms. The summed E-state index contributed by atoms with van der Waals surface area (Å²) in [6, 6.07) is 12.9. The van der Waals surface area contributed by atoms with Crippen LogP contribution >= 0.6 is 0 Å². The van der Waals surface area contributed by atoms with Gasteiger partial charge in [0.1, 0.15) is 23.9 Å². The second-order valence-corrected chi connectivity index (χ2v) is 4.87. The SMILES string of the molecule is COc1cc(OC)c(C=CC(=O)OCc2ccccc2)c(OC)c1. The zero-order chi connectivity index (χ0) is 17.4. The van der Waals surface area contributed by atoms with Gasteiger partial charge in [-0.05, 0) is 11.6 Å². The maximum absolute atomic E-state index is 11.9. The van der Waals surface area contributed by atoms with E-state index < -0.39 is 5.97 Å². The van der Waals surface area contributed by atoms with E-state index in [0.717, 1.165) is 5.56 Å². The Morgan fingerprint density at radius 3 is 2.12 bits per heavy atom. The van der Waals surface area contributed by atoms with Gasteiger partial charge in [0.05, 0.1) is 26.9 Å². The first-order valence-corrected chi connectivity index (χ1v) is 7.36. The van der Waals surface area contributed by atoms with Crippen LogP contribution in [-0.2, 0) is 16.1 Å². The average Bonchev–Trinajstić information content (AvgIpc) is 2.64. The van der Waals surface area contributed by atoms with Gasteiger partial charge in [0.2, 0.25) is 0 Å². The van der Waals surface area contributed by atoms with Gasteiger partial charge in [0, 0.05) is 18.2 Å². The van der Waals surface area contributed by atoms with Gasteiger partial charge >= 0.3 is 5.97 Å². The molecule has 0 amide bonds. The van der Waals surface area contributed by atoms with E-state index in [0.29, 0.717) is 22.8 Å². The fourth-order valence-corrected chi connectivity index (χ4v) is 2.13. The Labute approximate surface area is 141 Å². The Hall–Kier alpha value is -2.95. The topological polar surface area (TPSA) is 54.0 Å². The third-order valence-electron chi connectivity index (χ3n) is 3.36. The van der Waals surface area contributed by atoms with Crippen molar-refractivity contribution in [3.05, 3.63) is 59.7 Å². The Bertz CT molecular complexity index is 682. The second-order valence-electron chi connectivity index (χ2n) is 4.87. The molecule has 0 radical (unpaired) electrons. The monoisotopic (exact) mass is 328 g/mol. The fourth-order valence-electron chi connectivity index (χ4n) is 2.13. The summed E-state index contributed by atoms with van der Waals surface area (Å²) in [5, 5.41) is 0. The van der Waals surface area contributed by atoms with Crippen LogP contribution in [0.2, 0.25) is 0 Å². The summed E-state index contributed by atoms with van der Waals surface area (Å²) in [5.74, 6) is 1.24. The normalized spacial score (nSPS) is 10.5. The summed E-state index contributed by atoms with van der Waals surface area (Å²) < 4.78 is 21.1. The Balaban J connectivity index is 2.11. The largest absolute Gasteiger partial charge is 0.496 e. The third-order valence-corrected chi connectivity index (χ3v) is 3.36. The molecule has 0 fully saturated rings. The minimum Gasteiger partial charge on any atom is -0.496 e. The summed E-state index contributed by atoms with van der Waals surface area (Å²) in [6.45, 7) is 0.223. The van der Waals surface area contributed by atoms with Crippen molar-refractivity contribution in [2.24, 2.45) is 0 Å². The number of benzene rings is 2. The zero-order valence-electron chi connectivity index (χ0n) is 13.9. The van der Waals surface area contributed by atoms with E-state index in [-0.39, 0.29) is 6.61 Å². The van der Waals surface area contributed by atoms with E-state index in [2.05, 4.69) is 0 Å². The van der Waals surface area contributed by atoms with Crippen molar-refractivity contribution in [3.8, 4) is 17.2 Å². The molecule has 2 aromatic carbocycles. The van der Waals surface area contributed by atoms with Crippen molar-refractivity contribution in [2.75, 3.05) is 21.3 Å². The van der Waals surface area contributed by atoms with Gasteiger partial charge in [-0.1, -0.05) is 30.3 Å². The van der Waals surface area contributed by atoms with Gasteiger partial charge in [-0.3, -0.25) is 0 Å². The van der Waals surface area contributed by atoms with Gasteiger partial charge in [0.15, 0.2) is 0 Å². The molecule has 0 unspecified atom stereocenters. The van der Waals surface area contributed by atoms with Crippen LogP contribution in [0.15, 0.2) is 48.5 Å². The molecule has 2 rings (SSSR count). The van der Waals surface area contributed by atoms with Crippen LogP contribution in [0.4, 0.5) is 0 Å². The summed E-state index contributed by atoms with van der Waals surface area (Å²) >= 11 is 0. The molecule has 2 aromatic rings. The maximum atomic E-state index is 11.9. The Kier molecular flexibility index (Phi) is 6.25. The molecule has 0 aromatic heterocycles. The van der Waals surface area contributed by atoms with E-state index >= 15 is 0 Å². The van der Waals surface area contributed by atoms with E-state index in [1.165, 1.54) is 6.08 Å². The van der Waals surface area contributed by atoms with Crippen molar-refractivity contribution in [1.29, 1.82) is 0 Å². The predicted octanol–water partition coefficient (Wildman–Crippen LogP) is 3.47. The van der Waals surface area contributed by atoms with E-state index in [1.807, 2.05) is 30.3 Å². The first kappa shape index (κ1) is 17.4. The lowest BCUT2D eigenvalue weighted by atomic mass is 10.1. The smallest absolute Gasteiger partial charge is 0.331 e. The summed E-state index contributed by atoms with van der Waals surface area (Å²) in [7, 11) is 4.64. The molecule has 0 aliphatic heterocycles. The summed E-state index contributed by atoms with van der Waals surface area (Å²) in [6.07, 6.45) is 2.94. The molecule has 0 saturated heterocycles. The summed E-state index contributed by atoms with van der Waals surface area (Å²) in [4.78, 5) is 11.9. The molecular formula is C19H20O5. The second kappa shape index (κ2) is 8.62. The van der Waals surface area contributed by atoms with Crippen LogP contribution in [0.3, 0.4) is 0 Å². The first-order valence-electron chi connectivity index (χ1n) is 7.36. The number of ether oxygens (including phenoxy) is 4. The van der Waals surface area contributed by atoms with Gasteiger partial charge < -0.3 is 18.9 Å². The van der Waals surface area contributed by atoms with Crippen LogP contribution in [0.25, 0.3) is 6.08 Å². The number of hydrogen-bond donors (Lipinski definition) is 0. The average molecular weight is 328 g/mol. The summed E-state index contributed by atoms with van der Waals surface area (Å²) in [5.41, 5.74) is 1.57. The minimum absolute atomic E-state index is 0.223. The molecule has 0 saturated carbocycles. The molecule has 0 aliphatic carbocycles. The van der Waals surface area contributed by atoms with Crippen LogP contribution < -0.4 is 14.2 Å². The third kappa shape index (κ3) is 4.52. The lowest BCUT2D eigenvalue weighted by Crippen LogP contribution is -2.01. The molecule has 0 heterocycles. The van der Waals surface area contributed by atoms with Crippen molar-refractivity contribution in [3.63, 3.8) is 0 Å². The Morgan fingerprint density at radius 2 is 1.58 bits per heavy atom. The Morgan fingerprint density at radius 1 is 0.958 bits per heavy atom. The number of carbonyl (C=O) groups is 1. The highest BCUT2D eigenvalue weighted by atomic mass is 16.5. The molecular weight excluding hydrogens is 308 g/mol. The van der Waals surface area contributed by atoms with Crippen molar-refractivity contribution < 1.29 is 23.7 Å². The molecule has 5 nitrogen and oxygen atoms in total. The van der Waals surface area contributed by atoms with Crippen molar-refractivity contribution in [1.82, 2.24) is 0 Å². The van der Waals surface area contributed by atoms with Gasteiger partial charge in [-0.25, -0.2) is 4.79 Å². The lowest BCUT2D eigenvalue weighted by Gasteiger charge is -2.12. The van der Waals surface area contributed by atoms with Crippen LogP contribution in [0.1, 0.15) is 11.1 Å². The van der Waals surface area contributed by atoms with E-state index in [1.54, 1.807) is 39.5 Å². The molecule has 24 heavy (non-hydrogen) atoms. The highest BCUT2D eigenvalue weighted by Gasteiger charge is 2.11. The standard InChI is InChI=1S/C19H20O5/c1-21-15-11-17(22-2)16(18(12-15)23-3)9-10-19(20)24-13-14-7-5-4-6-8-14/h4-12H,13H2,1-3H3. The lowest BCUT2D eigenvalue weighted by molar-refractivity contribution is -0.138. The fraction of sp³-hybridized carbons (Fsp3) is 0.211. The predicted molar refractivity (Wildman–Crippen MR) is 91.4 cm³/mol. The quantitative estimate of drug-likeness (QED) is 0.575. The molecule has 0 aliphatic rings. The molecule has 126 valence electrons.